The Morgan fingerprint density at radius 2 is 0.912 bits per heavy atom. The molecule has 0 spiro atoms. The summed E-state index contributed by atoms with van der Waals surface area (Å²) < 4.78 is 11.6. The maximum absolute atomic E-state index is 9.53. The third-order valence-corrected chi connectivity index (χ3v) is 6.87. The van der Waals surface area contributed by atoms with E-state index < -0.39 is 10.8 Å². The minimum atomic E-state index is -0.484. The first kappa shape index (κ1) is 27.9. The van der Waals surface area contributed by atoms with Gasteiger partial charge in [-0.15, -0.1) is 0 Å². The van der Waals surface area contributed by atoms with Crippen molar-refractivity contribution >= 4 is 12.2 Å². The quantitative estimate of drug-likeness (QED) is 0.274. The highest BCUT2D eigenvalue weighted by Crippen LogP contribution is 2.27. The second-order valence-corrected chi connectivity index (χ2v) is 9.01. The third kappa shape index (κ3) is 8.13. The molecule has 0 aliphatic rings. The minimum Gasteiger partial charge on any atom is -0.494 e. The van der Waals surface area contributed by atoms with E-state index in [0.717, 1.165) is 22.6 Å². The molecule has 2 rings (SSSR count). The molecular formula is C28H40O6. The number of hydrogen-bond acceptors (Lipinski definition) is 6. The average molecular weight is 473 g/mol. The van der Waals surface area contributed by atoms with Gasteiger partial charge in [0.1, 0.15) is 11.5 Å². The lowest BCUT2D eigenvalue weighted by Crippen LogP contribution is -2.31. The predicted octanol–water partition coefficient (Wildman–Crippen LogP) is 4.16. The number of aliphatic hydroxyl groups excluding tert-OH is 4. The van der Waals surface area contributed by atoms with E-state index in [1.165, 1.54) is 0 Å². The minimum absolute atomic E-state index is 0.0484. The first-order valence-electron chi connectivity index (χ1n) is 12.0. The Balaban J connectivity index is 1.83. The lowest BCUT2D eigenvalue weighted by atomic mass is 9.84. The van der Waals surface area contributed by atoms with Crippen LogP contribution in [0, 0.1) is 10.8 Å². The highest BCUT2D eigenvalue weighted by atomic mass is 16.5. The Kier molecular flexibility index (Phi) is 11.6. The monoisotopic (exact) mass is 472 g/mol. The summed E-state index contributed by atoms with van der Waals surface area (Å²) in [4.78, 5) is 0. The maximum Gasteiger partial charge on any atom is 0.119 e. The lowest BCUT2D eigenvalue weighted by molar-refractivity contribution is 0.0324. The molecule has 0 fully saturated rings. The van der Waals surface area contributed by atoms with Crippen molar-refractivity contribution < 1.29 is 29.9 Å². The molecule has 34 heavy (non-hydrogen) atoms. The SMILES string of the molecule is CCC(CO)(CO)CCOc1ccc(/C=C/c2ccc(OCCC(CC)(CO)CO)cc2)cc1. The standard InChI is InChI=1S/C28H40O6/c1-3-27(19-29,20-30)15-17-33-25-11-7-23(8-12-25)5-6-24-9-13-26(14-10-24)34-18-16-28(4-2,21-31)22-32/h5-14,29-32H,3-4,15-22H2,1-2H3/b6-5+. The van der Waals surface area contributed by atoms with E-state index in [1.807, 2.05) is 74.5 Å². The van der Waals surface area contributed by atoms with E-state index in [0.29, 0.717) is 38.9 Å². The predicted molar refractivity (Wildman–Crippen MR) is 136 cm³/mol. The summed E-state index contributed by atoms with van der Waals surface area (Å²) in [6, 6.07) is 15.6. The van der Waals surface area contributed by atoms with Crippen LogP contribution < -0.4 is 9.47 Å². The van der Waals surface area contributed by atoms with E-state index in [1.54, 1.807) is 0 Å². The topological polar surface area (TPSA) is 99.4 Å². The Labute approximate surface area is 203 Å². The molecule has 0 heterocycles. The van der Waals surface area contributed by atoms with Crippen LogP contribution in [-0.4, -0.2) is 60.1 Å². The van der Waals surface area contributed by atoms with Crippen molar-refractivity contribution in [3.63, 3.8) is 0 Å². The van der Waals surface area contributed by atoms with Gasteiger partial charge in [-0.1, -0.05) is 50.3 Å². The fraction of sp³-hybridized carbons (Fsp3) is 0.500. The second kappa shape index (κ2) is 14.1. The van der Waals surface area contributed by atoms with Crippen molar-refractivity contribution in [2.75, 3.05) is 39.6 Å². The van der Waals surface area contributed by atoms with Gasteiger partial charge in [-0.2, -0.15) is 0 Å². The van der Waals surface area contributed by atoms with Crippen molar-refractivity contribution in [3.05, 3.63) is 59.7 Å². The molecular weight excluding hydrogens is 432 g/mol. The fourth-order valence-electron chi connectivity index (χ4n) is 3.53. The molecule has 0 saturated heterocycles. The molecule has 0 radical (unpaired) electrons. The molecule has 6 nitrogen and oxygen atoms in total. The highest BCUT2D eigenvalue weighted by Gasteiger charge is 2.27. The average Bonchev–Trinajstić information content (AvgIpc) is 2.90. The molecule has 0 amide bonds. The molecule has 2 aromatic rings. The summed E-state index contributed by atoms with van der Waals surface area (Å²) in [6.07, 6.45) is 6.65. The van der Waals surface area contributed by atoms with Gasteiger partial charge in [-0.3, -0.25) is 0 Å². The lowest BCUT2D eigenvalue weighted by Gasteiger charge is -2.28. The van der Waals surface area contributed by atoms with E-state index in [-0.39, 0.29) is 26.4 Å². The van der Waals surface area contributed by atoms with E-state index in [9.17, 15) is 20.4 Å². The van der Waals surface area contributed by atoms with Crippen LogP contribution in [0.25, 0.3) is 12.2 Å². The molecule has 0 aromatic heterocycles. The number of ether oxygens (including phenoxy) is 2. The summed E-state index contributed by atoms with van der Waals surface area (Å²) in [6.45, 7) is 4.61. The zero-order valence-corrected chi connectivity index (χ0v) is 20.4. The number of hydrogen-bond donors (Lipinski definition) is 4. The second-order valence-electron chi connectivity index (χ2n) is 9.01. The zero-order valence-electron chi connectivity index (χ0n) is 20.4. The van der Waals surface area contributed by atoms with Crippen LogP contribution in [0.15, 0.2) is 48.5 Å². The van der Waals surface area contributed by atoms with Crippen molar-refractivity contribution in [2.45, 2.75) is 39.5 Å². The summed E-state index contributed by atoms with van der Waals surface area (Å²) in [5.74, 6) is 1.52. The molecule has 2 aromatic carbocycles. The van der Waals surface area contributed by atoms with Crippen LogP contribution in [0.2, 0.25) is 0 Å². The van der Waals surface area contributed by atoms with E-state index in [4.69, 9.17) is 9.47 Å². The van der Waals surface area contributed by atoms with Gasteiger partial charge >= 0.3 is 0 Å². The summed E-state index contributed by atoms with van der Waals surface area (Å²) in [5.41, 5.74) is 1.13. The smallest absolute Gasteiger partial charge is 0.119 e. The van der Waals surface area contributed by atoms with Crippen molar-refractivity contribution in [1.29, 1.82) is 0 Å². The number of rotatable bonds is 16. The van der Waals surface area contributed by atoms with Crippen molar-refractivity contribution in [1.82, 2.24) is 0 Å². The summed E-state index contributed by atoms with van der Waals surface area (Å²) >= 11 is 0. The van der Waals surface area contributed by atoms with Crippen LogP contribution in [0.1, 0.15) is 50.7 Å². The molecule has 188 valence electrons. The van der Waals surface area contributed by atoms with Crippen molar-refractivity contribution in [2.24, 2.45) is 10.8 Å². The first-order chi connectivity index (χ1) is 16.5. The molecule has 0 atom stereocenters. The van der Waals surface area contributed by atoms with Gasteiger partial charge < -0.3 is 29.9 Å². The molecule has 0 saturated carbocycles. The van der Waals surface area contributed by atoms with Crippen molar-refractivity contribution in [3.8, 4) is 11.5 Å². The Bertz CT molecular complexity index is 748. The molecule has 0 unspecified atom stereocenters. The van der Waals surface area contributed by atoms with Gasteiger partial charge in [0.25, 0.3) is 0 Å². The maximum atomic E-state index is 9.53. The van der Waals surface area contributed by atoms with Crippen LogP contribution in [0.5, 0.6) is 11.5 Å². The van der Waals surface area contributed by atoms with Gasteiger partial charge in [0.15, 0.2) is 0 Å². The van der Waals surface area contributed by atoms with Crippen LogP contribution in [-0.2, 0) is 0 Å². The summed E-state index contributed by atoms with van der Waals surface area (Å²) in [5, 5.41) is 38.1. The third-order valence-electron chi connectivity index (χ3n) is 6.87. The van der Waals surface area contributed by atoms with Gasteiger partial charge in [-0.05, 0) is 61.1 Å². The van der Waals surface area contributed by atoms with Crippen LogP contribution >= 0.6 is 0 Å². The van der Waals surface area contributed by atoms with Crippen LogP contribution in [0.3, 0.4) is 0 Å². The highest BCUT2D eigenvalue weighted by molar-refractivity contribution is 5.70. The normalized spacial score (nSPS) is 12.3. The Morgan fingerprint density at radius 1 is 0.588 bits per heavy atom. The zero-order chi connectivity index (χ0) is 24.9. The number of aliphatic hydroxyl groups is 4. The molecule has 6 heteroatoms. The van der Waals surface area contributed by atoms with Gasteiger partial charge in [0.05, 0.1) is 39.6 Å². The molecule has 4 N–H and O–H groups in total. The Morgan fingerprint density at radius 3 is 1.18 bits per heavy atom. The summed E-state index contributed by atoms with van der Waals surface area (Å²) in [7, 11) is 0. The van der Waals surface area contributed by atoms with Gasteiger partial charge in [0, 0.05) is 10.8 Å². The molecule has 0 aliphatic heterocycles. The Hall–Kier alpha value is -2.38. The number of benzene rings is 2. The fourth-order valence-corrected chi connectivity index (χ4v) is 3.53. The molecule has 0 bridgehead atoms. The van der Waals surface area contributed by atoms with Gasteiger partial charge in [-0.25, -0.2) is 0 Å². The van der Waals surface area contributed by atoms with Gasteiger partial charge in [0.2, 0.25) is 0 Å². The van der Waals surface area contributed by atoms with E-state index in [2.05, 4.69) is 0 Å². The van der Waals surface area contributed by atoms with Crippen LogP contribution in [0.4, 0.5) is 0 Å². The van der Waals surface area contributed by atoms with E-state index >= 15 is 0 Å². The first-order valence-corrected chi connectivity index (χ1v) is 12.0. The molecule has 0 aliphatic carbocycles. The largest absolute Gasteiger partial charge is 0.494 e.